The molecule has 2 N–H and O–H groups in total. The third-order valence-electron chi connectivity index (χ3n) is 4.81. The van der Waals surface area contributed by atoms with Gasteiger partial charge in [-0.3, -0.25) is 14.9 Å². The average molecular weight is 437 g/mol. The van der Waals surface area contributed by atoms with Gasteiger partial charge < -0.3 is 15.5 Å². The van der Waals surface area contributed by atoms with Crippen LogP contribution in [0.4, 0.5) is 11.4 Å². The molecule has 0 aromatic heterocycles. The number of nitro groups is 1. The van der Waals surface area contributed by atoms with Crippen LogP contribution in [0.2, 0.25) is 10.0 Å². The van der Waals surface area contributed by atoms with Crippen molar-refractivity contribution in [1.82, 2.24) is 10.6 Å². The first-order chi connectivity index (χ1) is 14.0. The Balaban J connectivity index is 1.68. The van der Waals surface area contributed by atoms with E-state index in [1.807, 2.05) is 11.0 Å². The molecule has 9 heteroatoms. The SMILES string of the molecule is O=C(NCCc1ccc(Cl)cc1Cl)c1ccc(N2CCCNCC2)c([N+](=O)[O-])c1. The molecule has 1 heterocycles. The quantitative estimate of drug-likeness (QED) is 0.532. The van der Waals surface area contributed by atoms with Crippen LogP contribution in [-0.2, 0) is 6.42 Å². The minimum absolute atomic E-state index is 0.0553. The van der Waals surface area contributed by atoms with Gasteiger partial charge in [0.05, 0.1) is 4.92 Å². The summed E-state index contributed by atoms with van der Waals surface area (Å²) in [6.45, 7) is 3.44. The number of nitrogens with zero attached hydrogens (tertiary/aromatic N) is 2. The molecule has 3 rings (SSSR count). The molecule has 0 saturated carbocycles. The van der Waals surface area contributed by atoms with Gasteiger partial charge in [-0.2, -0.15) is 0 Å². The Labute approximate surface area is 179 Å². The number of hydrogen-bond donors (Lipinski definition) is 2. The molecule has 154 valence electrons. The minimum Gasteiger partial charge on any atom is -0.365 e. The first kappa shape index (κ1) is 21.4. The summed E-state index contributed by atoms with van der Waals surface area (Å²) in [7, 11) is 0. The van der Waals surface area contributed by atoms with E-state index in [2.05, 4.69) is 10.6 Å². The summed E-state index contributed by atoms with van der Waals surface area (Å²) < 4.78 is 0. The van der Waals surface area contributed by atoms with Crippen molar-refractivity contribution in [1.29, 1.82) is 0 Å². The van der Waals surface area contributed by atoms with Gasteiger partial charge in [0.2, 0.25) is 0 Å². The van der Waals surface area contributed by atoms with Crippen molar-refractivity contribution in [3.8, 4) is 0 Å². The molecule has 0 aliphatic carbocycles. The molecule has 29 heavy (non-hydrogen) atoms. The highest BCUT2D eigenvalue weighted by Crippen LogP contribution is 2.30. The van der Waals surface area contributed by atoms with Crippen LogP contribution in [0.1, 0.15) is 22.3 Å². The maximum atomic E-state index is 12.5. The third kappa shape index (κ3) is 5.59. The monoisotopic (exact) mass is 436 g/mol. The topological polar surface area (TPSA) is 87.5 Å². The zero-order chi connectivity index (χ0) is 20.8. The number of nitro benzene ring substituents is 1. The van der Waals surface area contributed by atoms with Crippen LogP contribution in [0.3, 0.4) is 0 Å². The predicted molar refractivity (Wildman–Crippen MR) is 115 cm³/mol. The number of halogens is 2. The van der Waals surface area contributed by atoms with E-state index in [-0.39, 0.29) is 17.2 Å². The van der Waals surface area contributed by atoms with Crippen molar-refractivity contribution in [2.24, 2.45) is 0 Å². The van der Waals surface area contributed by atoms with Crippen LogP contribution in [-0.4, -0.2) is 43.6 Å². The van der Waals surface area contributed by atoms with Gasteiger partial charge in [0.1, 0.15) is 5.69 Å². The van der Waals surface area contributed by atoms with Crippen molar-refractivity contribution in [2.45, 2.75) is 12.8 Å². The number of hydrogen-bond acceptors (Lipinski definition) is 5. The number of carbonyl (C=O) groups excluding carboxylic acids is 1. The lowest BCUT2D eigenvalue weighted by atomic mass is 10.1. The van der Waals surface area contributed by atoms with Crippen molar-refractivity contribution in [2.75, 3.05) is 37.6 Å². The summed E-state index contributed by atoms with van der Waals surface area (Å²) in [5.74, 6) is -0.359. The summed E-state index contributed by atoms with van der Waals surface area (Å²) >= 11 is 12.0. The highest BCUT2D eigenvalue weighted by molar-refractivity contribution is 6.35. The highest BCUT2D eigenvalue weighted by atomic mass is 35.5. The third-order valence-corrected chi connectivity index (χ3v) is 5.40. The smallest absolute Gasteiger partial charge is 0.293 e. The standard InChI is InChI=1S/C20H22Cl2N4O3/c21-16-4-2-14(17(22)13-16)6-8-24-20(27)15-3-5-18(19(12-15)26(28)29)25-10-1-7-23-9-11-25/h2-5,12-13,23H,1,6-11H2,(H,24,27). The number of carbonyl (C=O) groups is 1. The maximum absolute atomic E-state index is 12.5. The zero-order valence-corrected chi connectivity index (χ0v) is 17.3. The maximum Gasteiger partial charge on any atom is 0.293 e. The van der Waals surface area contributed by atoms with Gasteiger partial charge in [-0.25, -0.2) is 0 Å². The number of anilines is 1. The molecule has 0 radical (unpaired) electrons. The summed E-state index contributed by atoms with van der Waals surface area (Å²) in [5.41, 5.74) is 1.62. The highest BCUT2D eigenvalue weighted by Gasteiger charge is 2.22. The minimum atomic E-state index is -0.433. The number of rotatable bonds is 6. The molecule has 0 bridgehead atoms. The Bertz CT molecular complexity index is 899. The molecule has 1 saturated heterocycles. The van der Waals surface area contributed by atoms with Crippen LogP contribution < -0.4 is 15.5 Å². The van der Waals surface area contributed by atoms with Crippen molar-refractivity contribution < 1.29 is 9.72 Å². The average Bonchev–Trinajstić information content (AvgIpc) is 2.98. The van der Waals surface area contributed by atoms with Crippen LogP contribution in [0.15, 0.2) is 36.4 Å². The fraction of sp³-hybridized carbons (Fsp3) is 0.350. The second-order valence-corrected chi connectivity index (χ2v) is 7.64. The molecule has 2 aromatic rings. The summed E-state index contributed by atoms with van der Waals surface area (Å²) in [6.07, 6.45) is 1.44. The summed E-state index contributed by atoms with van der Waals surface area (Å²) in [4.78, 5) is 25.6. The lowest BCUT2D eigenvalue weighted by molar-refractivity contribution is -0.384. The fourth-order valence-electron chi connectivity index (χ4n) is 3.30. The van der Waals surface area contributed by atoms with Gasteiger partial charge in [-0.15, -0.1) is 0 Å². The van der Waals surface area contributed by atoms with E-state index in [9.17, 15) is 14.9 Å². The Morgan fingerprint density at radius 3 is 2.76 bits per heavy atom. The van der Waals surface area contributed by atoms with E-state index in [0.29, 0.717) is 35.2 Å². The molecule has 0 spiro atoms. The van der Waals surface area contributed by atoms with Crippen molar-refractivity contribution in [3.05, 3.63) is 67.7 Å². The van der Waals surface area contributed by atoms with Crippen LogP contribution in [0, 0.1) is 10.1 Å². The molecule has 1 fully saturated rings. The van der Waals surface area contributed by atoms with E-state index < -0.39 is 4.92 Å². The van der Waals surface area contributed by atoms with E-state index in [1.165, 1.54) is 6.07 Å². The number of amides is 1. The number of benzene rings is 2. The van der Waals surface area contributed by atoms with Gasteiger partial charge in [0.25, 0.3) is 11.6 Å². The van der Waals surface area contributed by atoms with E-state index in [4.69, 9.17) is 23.2 Å². The van der Waals surface area contributed by atoms with Gasteiger partial charge in [0, 0.05) is 47.9 Å². The zero-order valence-electron chi connectivity index (χ0n) is 15.8. The van der Waals surface area contributed by atoms with Crippen molar-refractivity contribution in [3.63, 3.8) is 0 Å². The van der Waals surface area contributed by atoms with Gasteiger partial charge in [0.15, 0.2) is 0 Å². The van der Waals surface area contributed by atoms with Gasteiger partial charge >= 0.3 is 0 Å². The molecule has 1 amide bonds. The van der Waals surface area contributed by atoms with Crippen molar-refractivity contribution >= 4 is 40.5 Å². The second kappa shape index (κ2) is 9.91. The summed E-state index contributed by atoms with van der Waals surface area (Å²) in [6, 6.07) is 9.84. The normalized spacial score (nSPS) is 14.3. The van der Waals surface area contributed by atoms with Crippen LogP contribution >= 0.6 is 23.2 Å². The molecule has 7 nitrogen and oxygen atoms in total. The number of nitrogens with one attached hydrogen (secondary N) is 2. The van der Waals surface area contributed by atoms with Crippen LogP contribution in [0.25, 0.3) is 0 Å². The molecule has 0 unspecified atom stereocenters. The largest absolute Gasteiger partial charge is 0.365 e. The predicted octanol–water partition coefficient (Wildman–Crippen LogP) is 3.67. The molecule has 0 atom stereocenters. The van der Waals surface area contributed by atoms with E-state index in [0.717, 1.165) is 31.6 Å². The first-order valence-corrected chi connectivity index (χ1v) is 10.2. The fourth-order valence-corrected chi connectivity index (χ4v) is 3.81. The second-order valence-electron chi connectivity index (χ2n) is 6.79. The van der Waals surface area contributed by atoms with E-state index in [1.54, 1.807) is 24.3 Å². The molecular formula is C20H22Cl2N4O3. The Kier molecular flexibility index (Phi) is 7.30. The Morgan fingerprint density at radius 2 is 2.00 bits per heavy atom. The van der Waals surface area contributed by atoms with Gasteiger partial charge in [-0.1, -0.05) is 29.3 Å². The Hall–Kier alpha value is -2.35. The summed E-state index contributed by atoms with van der Waals surface area (Å²) in [5, 5.41) is 18.8. The Morgan fingerprint density at radius 1 is 1.17 bits per heavy atom. The molecular weight excluding hydrogens is 415 g/mol. The lowest BCUT2D eigenvalue weighted by Gasteiger charge is -2.22. The lowest BCUT2D eigenvalue weighted by Crippen LogP contribution is -2.29. The molecule has 2 aromatic carbocycles. The molecule has 1 aliphatic rings. The molecule has 1 aliphatic heterocycles. The first-order valence-electron chi connectivity index (χ1n) is 9.42. The van der Waals surface area contributed by atoms with E-state index >= 15 is 0 Å². The van der Waals surface area contributed by atoms with Gasteiger partial charge in [-0.05, 0) is 49.2 Å². The van der Waals surface area contributed by atoms with Crippen LogP contribution in [0.5, 0.6) is 0 Å².